The number of benzene rings is 1. The van der Waals surface area contributed by atoms with E-state index in [1.807, 2.05) is 24.7 Å². The Kier molecular flexibility index (Phi) is 2.49. The van der Waals surface area contributed by atoms with Crippen LogP contribution in [0.1, 0.15) is 24.9 Å². The second-order valence-corrected chi connectivity index (χ2v) is 3.87. The van der Waals surface area contributed by atoms with Crippen molar-refractivity contribution in [3.05, 3.63) is 35.8 Å². The number of hydrogen-bond donors (Lipinski definition) is 1. The van der Waals surface area contributed by atoms with Gasteiger partial charge in [-0.05, 0) is 30.2 Å². The molecule has 0 aliphatic heterocycles. The number of nitrogens with two attached hydrogens (primary N) is 1. The first-order chi connectivity index (χ1) is 7.13. The molecule has 0 saturated carbocycles. The van der Waals surface area contributed by atoms with Crippen molar-refractivity contribution in [2.24, 2.45) is 12.8 Å². The Morgan fingerprint density at radius 2 is 2.20 bits per heavy atom. The van der Waals surface area contributed by atoms with Crippen LogP contribution in [0.15, 0.2) is 24.4 Å². The maximum absolute atomic E-state index is 13.1. The fraction of sp³-hybridized carbons (Fsp3) is 0.333. The summed E-state index contributed by atoms with van der Waals surface area (Å²) in [5, 5.41) is 1.05. The minimum Gasteiger partial charge on any atom is -0.350 e. The normalized spacial score (nSPS) is 13.3. The monoisotopic (exact) mass is 206 g/mol. The molecule has 1 atom stereocenters. The van der Waals surface area contributed by atoms with E-state index in [9.17, 15) is 4.39 Å². The number of aromatic nitrogens is 1. The fourth-order valence-corrected chi connectivity index (χ4v) is 1.90. The number of nitrogens with zero attached hydrogens (tertiary/aromatic N) is 1. The Bertz CT molecular complexity index is 488. The van der Waals surface area contributed by atoms with Gasteiger partial charge < -0.3 is 10.3 Å². The van der Waals surface area contributed by atoms with Crippen molar-refractivity contribution in [2.45, 2.75) is 19.4 Å². The van der Waals surface area contributed by atoms with Crippen molar-refractivity contribution in [3.63, 3.8) is 0 Å². The molecular weight excluding hydrogens is 191 g/mol. The topological polar surface area (TPSA) is 30.9 Å². The lowest BCUT2D eigenvalue weighted by Gasteiger charge is -2.06. The van der Waals surface area contributed by atoms with Gasteiger partial charge in [0.1, 0.15) is 5.82 Å². The lowest BCUT2D eigenvalue weighted by atomic mass is 10.0. The average molecular weight is 206 g/mol. The molecule has 1 unspecified atom stereocenters. The number of hydrogen-bond acceptors (Lipinski definition) is 1. The summed E-state index contributed by atoms with van der Waals surface area (Å²) in [5.74, 6) is -0.208. The van der Waals surface area contributed by atoms with Crippen molar-refractivity contribution in [2.75, 3.05) is 0 Å². The Morgan fingerprint density at radius 1 is 1.47 bits per heavy atom. The number of rotatable bonds is 2. The molecule has 0 spiro atoms. The number of halogens is 1. The third-order valence-corrected chi connectivity index (χ3v) is 2.82. The van der Waals surface area contributed by atoms with Crippen LogP contribution in [0.3, 0.4) is 0 Å². The van der Waals surface area contributed by atoms with Crippen LogP contribution in [-0.4, -0.2) is 4.57 Å². The molecule has 2 nitrogen and oxygen atoms in total. The van der Waals surface area contributed by atoms with Crippen LogP contribution in [-0.2, 0) is 7.05 Å². The highest BCUT2D eigenvalue weighted by Crippen LogP contribution is 2.26. The molecule has 0 aliphatic rings. The highest BCUT2D eigenvalue weighted by Gasteiger charge is 2.12. The summed E-state index contributed by atoms with van der Waals surface area (Å²) >= 11 is 0. The Balaban J connectivity index is 2.68. The molecule has 3 heteroatoms. The van der Waals surface area contributed by atoms with Gasteiger partial charge in [0.25, 0.3) is 0 Å². The molecule has 0 amide bonds. The van der Waals surface area contributed by atoms with Gasteiger partial charge in [-0.25, -0.2) is 4.39 Å². The van der Waals surface area contributed by atoms with Crippen LogP contribution >= 0.6 is 0 Å². The maximum Gasteiger partial charge on any atom is 0.125 e. The zero-order valence-corrected chi connectivity index (χ0v) is 9.00. The van der Waals surface area contributed by atoms with E-state index in [0.717, 1.165) is 22.9 Å². The quantitative estimate of drug-likeness (QED) is 0.804. The maximum atomic E-state index is 13.1. The Hall–Kier alpha value is -1.35. The molecule has 2 N–H and O–H groups in total. The zero-order chi connectivity index (χ0) is 11.0. The second kappa shape index (κ2) is 3.66. The zero-order valence-electron chi connectivity index (χ0n) is 9.00. The van der Waals surface area contributed by atoms with Gasteiger partial charge in [0, 0.05) is 24.7 Å². The molecule has 0 radical (unpaired) electrons. The number of fused-ring (bicyclic) bond motifs is 1. The van der Waals surface area contributed by atoms with Gasteiger partial charge in [0.2, 0.25) is 0 Å². The van der Waals surface area contributed by atoms with E-state index in [2.05, 4.69) is 0 Å². The molecule has 80 valence electrons. The van der Waals surface area contributed by atoms with E-state index in [1.165, 1.54) is 6.07 Å². The predicted molar refractivity (Wildman–Crippen MR) is 60.1 cm³/mol. The summed E-state index contributed by atoms with van der Waals surface area (Å²) < 4.78 is 15.0. The molecule has 2 aromatic rings. The first-order valence-corrected chi connectivity index (χ1v) is 5.13. The summed E-state index contributed by atoms with van der Waals surface area (Å²) in [7, 11) is 1.91. The summed E-state index contributed by atoms with van der Waals surface area (Å²) in [4.78, 5) is 0. The SMILES string of the molecule is CCC(N)c1cn(C)c2cc(F)ccc12. The summed E-state index contributed by atoms with van der Waals surface area (Å²) in [6.07, 6.45) is 2.87. The molecule has 1 heterocycles. The van der Waals surface area contributed by atoms with Crippen LogP contribution in [0.4, 0.5) is 4.39 Å². The molecule has 1 aromatic carbocycles. The van der Waals surface area contributed by atoms with E-state index in [0.29, 0.717) is 0 Å². The third-order valence-electron chi connectivity index (χ3n) is 2.82. The second-order valence-electron chi connectivity index (χ2n) is 3.87. The van der Waals surface area contributed by atoms with Gasteiger partial charge in [0.15, 0.2) is 0 Å². The van der Waals surface area contributed by atoms with E-state index >= 15 is 0 Å². The van der Waals surface area contributed by atoms with Crippen molar-refractivity contribution in [1.29, 1.82) is 0 Å². The standard InChI is InChI=1S/C12H15FN2/c1-3-11(14)10-7-15(2)12-6-8(13)4-5-9(10)12/h4-7,11H,3,14H2,1-2H3. The molecular formula is C12H15FN2. The van der Waals surface area contributed by atoms with E-state index in [1.54, 1.807) is 12.1 Å². The number of aryl methyl sites for hydroxylation is 1. The summed E-state index contributed by atoms with van der Waals surface area (Å²) in [5.41, 5.74) is 7.99. The largest absolute Gasteiger partial charge is 0.350 e. The highest BCUT2D eigenvalue weighted by atomic mass is 19.1. The molecule has 0 bridgehead atoms. The summed E-state index contributed by atoms with van der Waals surface area (Å²) in [6, 6.07) is 4.85. The van der Waals surface area contributed by atoms with Crippen molar-refractivity contribution in [3.8, 4) is 0 Å². The Labute approximate surface area is 88.5 Å². The van der Waals surface area contributed by atoms with Gasteiger partial charge in [-0.2, -0.15) is 0 Å². The molecule has 0 saturated heterocycles. The van der Waals surface area contributed by atoms with Crippen molar-refractivity contribution in [1.82, 2.24) is 4.57 Å². The first kappa shape index (κ1) is 10.2. The Morgan fingerprint density at radius 3 is 2.87 bits per heavy atom. The van der Waals surface area contributed by atoms with E-state index in [-0.39, 0.29) is 11.9 Å². The van der Waals surface area contributed by atoms with Crippen LogP contribution in [0.5, 0.6) is 0 Å². The molecule has 15 heavy (non-hydrogen) atoms. The molecule has 0 fully saturated rings. The lowest BCUT2D eigenvalue weighted by Crippen LogP contribution is -2.07. The van der Waals surface area contributed by atoms with Crippen LogP contribution in [0.25, 0.3) is 10.9 Å². The predicted octanol–water partition coefficient (Wildman–Crippen LogP) is 2.73. The average Bonchev–Trinajstić information content (AvgIpc) is 2.55. The van der Waals surface area contributed by atoms with Crippen LogP contribution in [0, 0.1) is 5.82 Å². The third kappa shape index (κ3) is 1.63. The van der Waals surface area contributed by atoms with Crippen molar-refractivity contribution < 1.29 is 4.39 Å². The highest BCUT2D eigenvalue weighted by molar-refractivity contribution is 5.84. The molecule has 1 aromatic heterocycles. The lowest BCUT2D eigenvalue weighted by molar-refractivity contribution is 0.629. The van der Waals surface area contributed by atoms with Gasteiger partial charge in [0.05, 0.1) is 5.52 Å². The summed E-state index contributed by atoms with van der Waals surface area (Å²) in [6.45, 7) is 2.05. The minimum absolute atomic E-state index is 0.0270. The smallest absolute Gasteiger partial charge is 0.125 e. The van der Waals surface area contributed by atoms with Gasteiger partial charge in [-0.1, -0.05) is 6.92 Å². The van der Waals surface area contributed by atoms with Gasteiger partial charge in [-0.3, -0.25) is 0 Å². The molecule has 0 aliphatic carbocycles. The van der Waals surface area contributed by atoms with Gasteiger partial charge in [-0.15, -0.1) is 0 Å². The first-order valence-electron chi connectivity index (χ1n) is 5.13. The molecule has 2 rings (SSSR count). The van der Waals surface area contributed by atoms with Crippen LogP contribution in [0.2, 0.25) is 0 Å². The van der Waals surface area contributed by atoms with Crippen molar-refractivity contribution >= 4 is 10.9 Å². The van der Waals surface area contributed by atoms with E-state index in [4.69, 9.17) is 5.73 Å². The van der Waals surface area contributed by atoms with Crippen LogP contribution < -0.4 is 5.73 Å². The van der Waals surface area contributed by atoms with Gasteiger partial charge >= 0.3 is 0 Å². The fourth-order valence-electron chi connectivity index (χ4n) is 1.90. The van der Waals surface area contributed by atoms with E-state index < -0.39 is 0 Å². The minimum atomic E-state index is -0.208.